The molecule has 0 spiro atoms. The molecule has 0 atom stereocenters. The molecule has 2 N–H and O–H groups in total. The van der Waals surface area contributed by atoms with Crippen LogP contribution in [0.4, 0.5) is 36.8 Å². The van der Waals surface area contributed by atoms with Gasteiger partial charge in [-0.2, -0.15) is 26.3 Å². The molecular weight excluding hydrogens is 390 g/mol. The average molecular weight is 407 g/mol. The van der Waals surface area contributed by atoms with Crippen molar-refractivity contribution in [2.45, 2.75) is 31.3 Å². The molecule has 0 aliphatic rings. The van der Waals surface area contributed by atoms with Gasteiger partial charge in [-0.15, -0.1) is 11.6 Å². The lowest BCUT2D eigenvalue weighted by molar-refractivity contribution is -0.376. The fraction of sp³-hybridized carbons (Fsp3) is 0.533. The van der Waals surface area contributed by atoms with Gasteiger partial charge >= 0.3 is 18.4 Å². The second kappa shape index (κ2) is 8.34. The molecule has 11 heteroatoms. The van der Waals surface area contributed by atoms with Crippen molar-refractivity contribution in [3.63, 3.8) is 0 Å². The molecule has 0 bridgehead atoms. The lowest BCUT2D eigenvalue weighted by atomic mass is 9.92. The van der Waals surface area contributed by atoms with E-state index in [1.165, 1.54) is 0 Å². The Hall–Kier alpha value is -1.68. The summed E-state index contributed by atoms with van der Waals surface area (Å²) in [6.07, 6.45) is -11.4. The Bertz CT molecular complexity index is 590. The summed E-state index contributed by atoms with van der Waals surface area (Å²) in [5, 5.41) is 11.8. The standard InChI is InChI=1S/C15H17ClF6N2O2/c1-2-9-24(12(25)23-8-7-16)11-5-3-10(4-6-11)13(26,14(17,18)19)15(20,21)22/h3-6,26H,2,7-9H2,1H3,(H,23,25). The van der Waals surface area contributed by atoms with E-state index in [1.807, 2.05) is 0 Å². The summed E-state index contributed by atoms with van der Waals surface area (Å²) in [5.41, 5.74) is -6.32. The molecule has 0 saturated heterocycles. The molecular formula is C15H17ClF6N2O2. The first-order valence-corrected chi connectivity index (χ1v) is 8.01. The third kappa shape index (κ3) is 4.53. The van der Waals surface area contributed by atoms with Crippen molar-refractivity contribution in [1.82, 2.24) is 5.32 Å². The molecule has 0 radical (unpaired) electrons. The number of urea groups is 1. The third-order valence-electron chi connectivity index (χ3n) is 3.48. The highest BCUT2D eigenvalue weighted by Crippen LogP contribution is 2.50. The molecule has 1 aromatic rings. The Morgan fingerprint density at radius 1 is 1.12 bits per heavy atom. The van der Waals surface area contributed by atoms with Gasteiger partial charge in [-0.25, -0.2) is 4.79 Å². The van der Waals surface area contributed by atoms with E-state index in [2.05, 4.69) is 5.32 Å². The summed E-state index contributed by atoms with van der Waals surface area (Å²) in [5.74, 6) is 0.134. The highest BCUT2D eigenvalue weighted by Gasteiger charge is 2.71. The molecule has 0 unspecified atom stereocenters. The maximum atomic E-state index is 12.9. The Labute approximate surface area is 150 Å². The molecule has 0 fully saturated rings. The maximum absolute atomic E-state index is 12.9. The average Bonchev–Trinajstić information content (AvgIpc) is 2.55. The number of hydrogen-bond donors (Lipinski definition) is 2. The van der Waals surface area contributed by atoms with Crippen LogP contribution in [0.2, 0.25) is 0 Å². The van der Waals surface area contributed by atoms with Gasteiger partial charge in [-0.3, -0.25) is 4.90 Å². The summed E-state index contributed by atoms with van der Waals surface area (Å²) in [6, 6.07) is 2.21. The number of nitrogens with one attached hydrogen (secondary N) is 1. The first-order chi connectivity index (χ1) is 11.9. The molecule has 0 aliphatic heterocycles. The number of aliphatic hydroxyl groups is 1. The largest absolute Gasteiger partial charge is 0.430 e. The maximum Gasteiger partial charge on any atom is 0.430 e. The van der Waals surface area contributed by atoms with E-state index < -0.39 is 29.5 Å². The van der Waals surface area contributed by atoms with Crippen molar-refractivity contribution < 1.29 is 36.2 Å². The lowest BCUT2D eigenvalue weighted by Gasteiger charge is -2.33. The van der Waals surface area contributed by atoms with Crippen molar-refractivity contribution in [2.75, 3.05) is 23.9 Å². The zero-order valence-electron chi connectivity index (χ0n) is 13.6. The zero-order chi connectivity index (χ0) is 20.2. The normalized spacial score (nSPS) is 12.8. The number of nitrogens with zero attached hydrogens (tertiary/aromatic N) is 1. The van der Waals surface area contributed by atoms with E-state index in [-0.39, 0.29) is 24.7 Å². The van der Waals surface area contributed by atoms with E-state index in [0.717, 1.165) is 17.0 Å². The van der Waals surface area contributed by atoms with Gasteiger partial charge in [0, 0.05) is 30.2 Å². The second-order valence-electron chi connectivity index (χ2n) is 5.33. The second-order valence-corrected chi connectivity index (χ2v) is 5.70. The van der Waals surface area contributed by atoms with Crippen LogP contribution >= 0.6 is 11.6 Å². The number of anilines is 1. The molecule has 4 nitrogen and oxygen atoms in total. The molecule has 1 aromatic carbocycles. The third-order valence-corrected chi connectivity index (χ3v) is 3.67. The monoisotopic (exact) mass is 406 g/mol. The Balaban J connectivity index is 3.24. The van der Waals surface area contributed by atoms with E-state index in [4.69, 9.17) is 11.6 Å². The van der Waals surface area contributed by atoms with Crippen LogP contribution in [0.5, 0.6) is 0 Å². The smallest absolute Gasteiger partial charge is 0.369 e. The first-order valence-electron chi connectivity index (χ1n) is 7.47. The number of benzene rings is 1. The van der Waals surface area contributed by atoms with Crippen LogP contribution in [-0.4, -0.2) is 42.5 Å². The molecule has 0 saturated carbocycles. The van der Waals surface area contributed by atoms with E-state index in [0.29, 0.717) is 18.6 Å². The molecule has 26 heavy (non-hydrogen) atoms. The van der Waals surface area contributed by atoms with Crippen LogP contribution in [0.3, 0.4) is 0 Å². The van der Waals surface area contributed by atoms with Crippen molar-refractivity contribution in [3.8, 4) is 0 Å². The molecule has 0 aromatic heterocycles. The first kappa shape index (κ1) is 22.4. The number of rotatable bonds is 6. The van der Waals surface area contributed by atoms with Crippen LogP contribution < -0.4 is 10.2 Å². The predicted molar refractivity (Wildman–Crippen MR) is 84.2 cm³/mol. The lowest BCUT2D eigenvalue weighted by Crippen LogP contribution is -2.53. The Morgan fingerprint density at radius 2 is 1.62 bits per heavy atom. The van der Waals surface area contributed by atoms with Crippen molar-refractivity contribution in [3.05, 3.63) is 29.8 Å². The highest BCUT2D eigenvalue weighted by molar-refractivity contribution is 6.18. The summed E-state index contributed by atoms with van der Waals surface area (Å²) in [4.78, 5) is 13.2. The number of hydrogen-bond acceptors (Lipinski definition) is 2. The minimum Gasteiger partial charge on any atom is -0.369 e. The fourth-order valence-electron chi connectivity index (χ4n) is 2.19. The number of amides is 2. The number of halogens is 7. The summed E-state index contributed by atoms with van der Waals surface area (Å²) < 4.78 is 77.3. The number of carbonyl (C=O) groups excluding carboxylic acids is 1. The van der Waals surface area contributed by atoms with Gasteiger partial charge in [-0.1, -0.05) is 19.1 Å². The van der Waals surface area contributed by atoms with Gasteiger partial charge in [0.15, 0.2) is 0 Å². The molecule has 148 valence electrons. The van der Waals surface area contributed by atoms with E-state index in [9.17, 15) is 36.2 Å². The summed E-state index contributed by atoms with van der Waals surface area (Å²) >= 11 is 5.46. The van der Waals surface area contributed by atoms with Crippen molar-refractivity contribution in [2.24, 2.45) is 0 Å². The van der Waals surface area contributed by atoms with Gasteiger partial charge in [0.25, 0.3) is 5.60 Å². The van der Waals surface area contributed by atoms with Crippen molar-refractivity contribution >= 4 is 23.3 Å². The zero-order valence-corrected chi connectivity index (χ0v) is 14.3. The minimum atomic E-state index is -5.96. The Kier molecular flexibility index (Phi) is 7.17. The number of alkyl halides is 7. The number of carbonyl (C=O) groups is 1. The SMILES string of the molecule is CCCN(C(=O)NCCCl)c1ccc(C(O)(C(F)(F)F)C(F)(F)F)cc1. The molecule has 1 rings (SSSR count). The van der Waals surface area contributed by atoms with Crippen molar-refractivity contribution in [1.29, 1.82) is 0 Å². The fourth-order valence-corrected chi connectivity index (χ4v) is 2.29. The molecule has 0 heterocycles. The van der Waals surface area contributed by atoms with Gasteiger partial charge in [0.05, 0.1) is 0 Å². The van der Waals surface area contributed by atoms with Gasteiger partial charge < -0.3 is 10.4 Å². The van der Waals surface area contributed by atoms with Gasteiger partial charge in [0.1, 0.15) is 0 Å². The minimum absolute atomic E-state index is 0.0781. The quantitative estimate of drug-likeness (QED) is 0.550. The van der Waals surface area contributed by atoms with Crippen LogP contribution in [-0.2, 0) is 5.60 Å². The van der Waals surface area contributed by atoms with Crippen LogP contribution in [0, 0.1) is 0 Å². The Morgan fingerprint density at radius 3 is 2.00 bits per heavy atom. The van der Waals surface area contributed by atoms with Crippen LogP contribution in [0.25, 0.3) is 0 Å². The predicted octanol–water partition coefficient (Wildman–Crippen LogP) is 4.16. The van der Waals surface area contributed by atoms with Crippen LogP contribution in [0.1, 0.15) is 18.9 Å². The molecule has 2 amide bonds. The van der Waals surface area contributed by atoms with Gasteiger partial charge in [-0.05, 0) is 18.6 Å². The highest BCUT2D eigenvalue weighted by atomic mass is 35.5. The van der Waals surface area contributed by atoms with Crippen LogP contribution in [0.15, 0.2) is 24.3 Å². The summed E-state index contributed by atoms with van der Waals surface area (Å²) in [7, 11) is 0. The van der Waals surface area contributed by atoms with E-state index >= 15 is 0 Å². The topological polar surface area (TPSA) is 52.6 Å². The summed E-state index contributed by atoms with van der Waals surface area (Å²) in [6.45, 7) is 2.05. The van der Waals surface area contributed by atoms with Gasteiger partial charge in [0.2, 0.25) is 0 Å². The molecule has 0 aliphatic carbocycles. The van der Waals surface area contributed by atoms with E-state index in [1.54, 1.807) is 6.92 Å².